The fraction of sp³-hybridized carbons (Fsp3) is 0.424. The van der Waals surface area contributed by atoms with Gasteiger partial charge in [-0.15, -0.1) is 0 Å². The molecule has 3 aromatic carbocycles. The Morgan fingerprint density at radius 2 is 1.68 bits per heavy atom. The van der Waals surface area contributed by atoms with E-state index in [0.717, 1.165) is 63.0 Å². The van der Waals surface area contributed by atoms with Crippen LogP contribution >= 0.6 is 0 Å². The maximum Gasteiger partial charge on any atom is 0.226 e. The smallest absolute Gasteiger partial charge is 0.226 e. The fourth-order valence-electron chi connectivity index (χ4n) is 5.13. The van der Waals surface area contributed by atoms with Gasteiger partial charge in [-0.3, -0.25) is 4.79 Å². The highest BCUT2D eigenvalue weighted by Gasteiger charge is 2.21. The number of nitrogens with zero attached hydrogens (tertiary/aromatic N) is 1. The van der Waals surface area contributed by atoms with Crippen LogP contribution in [0, 0.1) is 11.7 Å². The van der Waals surface area contributed by atoms with Gasteiger partial charge in [0.25, 0.3) is 0 Å². The van der Waals surface area contributed by atoms with E-state index in [-0.39, 0.29) is 23.7 Å². The monoisotopic (exact) mass is 516 g/mol. The van der Waals surface area contributed by atoms with Crippen LogP contribution in [-0.4, -0.2) is 30.4 Å². The molecule has 0 bridgehead atoms. The quantitative estimate of drug-likeness (QED) is 0.248. The Morgan fingerprint density at radius 1 is 0.947 bits per heavy atom. The molecule has 1 fully saturated rings. The molecule has 1 N–H and O–H groups in total. The average Bonchev–Trinajstić information content (AvgIpc) is 2.94. The lowest BCUT2D eigenvalue weighted by atomic mass is 9.89. The normalized spacial score (nSPS) is 15.4. The van der Waals surface area contributed by atoms with Crippen molar-refractivity contribution in [1.29, 1.82) is 0 Å². The predicted molar refractivity (Wildman–Crippen MR) is 153 cm³/mol. The van der Waals surface area contributed by atoms with E-state index in [2.05, 4.69) is 40.5 Å². The third-order valence-electron chi connectivity index (χ3n) is 7.44. The SMILES string of the molecule is CC(C)C(=O)Nc1cccc(C2CCN(CCCCCC(Oc3ccc(F)cc3)c3ccccc3)CC2)c1. The van der Waals surface area contributed by atoms with Crippen LogP contribution in [-0.2, 0) is 4.79 Å². The van der Waals surface area contributed by atoms with Gasteiger partial charge in [0.2, 0.25) is 5.91 Å². The summed E-state index contributed by atoms with van der Waals surface area (Å²) < 4.78 is 19.6. The number of rotatable bonds is 12. The van der Waals surface area contributed by atoms with Crippen LogP contribution in [0.4, 0.5) is 10.1 Å². The summed E-state index contributed by atoms with van der Waals surface area (Å²) in [6.07, 6.45) is 6.65. The lowest BCUT2D eigenvalue weighted by molar-refractivity contribution is -0.118. The van der Waals surface area contributed by atoms with Gasteiger partial charge >= 0.3 is 0 Å². The first kappa shape index (κ1) is 27.8. The molecule has 0 spiro atoms. The van der Waals surface area contributed by atoms with Gasteiger partial charge < -0.3 is 15.0 Å². The molecule has 1 saturated heterocycles. The van der Waals surface area contributed by atoms with Crippen molar-refractivity contribution in [3.05, 3.63) is 95.8 Å². The first-order chi connectivity index (χ1) is 18.5. The van der Waals surface area contributed by atoms with Gasteiger partial charge in [-0.05, 0) is 105 Å². The lowest BCUT2D eigenvalue weighted by Gasteiger charge is -2.32. The van der Waals surface area contributed by atoms with Crippen molar-refractivity contribution >= 4 is 11.6 Å². The molecular weight excluding hydrogens is 475 g/mol. The van der Waals surface area contributed by atoms with Crippen LogP contribution < -0.4 is 10.1 Å². The molecule has 1 unspecified atom stereocenters. The van der Waals surface area contributed by atoms with E-state index < -0.39 is 0 Å². The zero-order valence-corrected chi connectivity index (χ0v) is 22.7. The Morgan fingerprint density at radius 3 is 2.39 bits per heavy atom. The Labute approximate surface area is 227 Å². The summed E-state index contributed by atoms with van der Waals surface area (Å²) >= 11 is 0. The van der Waals surface area contributed by atoms with Crippen LogP contribution in [0.25, 0.3) is 0 Å². The van der Waals surface area contributed by atoms with Crippen molar-refractivity contribution < 1.29 is 13.9 Å². The molecule has 4 nitrogen and oxygen atoms in total. The highest BCUT2D eigenvalue weighted by molar-refractivity contribution is 5.92. The van der Waals surface area contributed by atoms with Gasteiger partial charge in [0.1, 0.15) is 17.7 Å². The molecule has 202 valence electrons. The average molecular weight is 517 g/mol. The Balaban J connectivity index is 1.19. The molecule has 0 saturated carbocycles. The summed E-state index contributed by atoms with van der Waals surface area (Å²) in [5, 5.41) is 3.03. The first-order valence-corrected chi connectivity index (χ1v) is 14.1. The molecule has 5 heteroatoms. The van der Waals surface area contributed by atoms with Crippen LogP contribution in [0.1, 0.15) is 75.5 Å². The molecule has 4 rings (SSSR count). The van der Waals surface area contributed by atoms with Gasteiger partial charge in [0.15, 0.2) is 0 Å². The van der Waals surface area contributed by atoms with Crippen LogP contribution in [0.2, 0.25) is 0 Å². The number of unbranched alkanes of at least 4 members (excludes halogenated alkanes) is 2. The first-order valence-electron chi connectivity index (χ1n) is 14.1. The third kappa shape index (κ3) is 8.42. The Bertz CT molecular complexity index is 1130. The largest absolute Gasteiger partial charge is 0.486 e. The number of amides is 1. The highest BCUT2D eigenvalue weighted by atomic mass is 19.1. The van der Waals surface area contributed by atoms with E-state index in [1.807, 2.05) is 38.1 Å². The summed E-state index contributed by atoms with van der Waals surface area (Å²) in [7, 11) is 0. The Kier molecular flexibility index (Phi) is 10.3. The summed E-state index contributed by atoms with van der Waals surface area (Å²) in [5.74, 6) is 1.05. The molecule has 1 atom stereocenters. The zero-order valence-electron chi connectivity index (χ0n) is 22.7. The van der Waals surface area contributed by atoms with Crippen molar-refractivity contribution in [3.8, 4) is 5.75 Å². The summed E-state index contributed by atoms with van der Waals surface area (Å²) in [6.45, 7) is 7.20. The second-order valence-corrected chi connectivity index (χ2v) is 10.7. The number of benzene rings is 3. The number of carbonyl (C=O) groups excluding carboxylic acids is 1. The topological polar surface area (TPSA) is 41.6 Å². The molecule has 3 aromatic rings. The van der Waals surface area contributed by atoms with E-state index in [1.54, 1.807) is 12.1 Å². The van der Waals surface area contributed by atoms with E-state index in [1.165, 1.54) is 24.1 Å². The van der Waals surface area contributed by atoms with Crippen molar-refractivity contribution in [2.75, 3.05) is 25.0 Å². The number of carbonyl (C=O) groups is 1. The van der Waals surface area contributed by atoms with Gasteiger partial charge in [-0.25, -0.2) is 4.39 Å². The zero-order chi connectivity index (χ0) is 26.7. The molecule has 1 amide bonds. The molecule has 38 heavy (non-hydrogen) atoms. The lowest BCUT2D eigenvalue weighted by Crippen LogP contribution is -2.33. The van der Waals surface area contributed by atoms with Gasteiger partial charge in [-0.2, -0.15) is 0 Å². The van der Waals surface area contributed by atoms with Crippen LogP contribution in [0.3, 0.4) is 0 Å². The number of halogens is 1. The minimum Gasteiger partial charge on any atom is -0.486 e. The van der Waals surface area contributed by atoms with Gasteiger partial charge in [0.05, 0.1) is 0 Å². The third-order valence-corrected chi connectivity index (χ3v) is 7.44. The second-order valence-electron chi connectivity index (χ2n) is 10.7. The van der Waals surface area contributed by atoms with Crippen molar-refractivity contribution in [2.45, 2.75) is 64.4 Å². The molecule has 0 aromatic heterocycles. The molecule has 0 radical (unpaired) electrons. The molecular formula is C33H41FN2O2. The van der Waals surface area contributed by atoms with Gasteiger partial charge in [0, 0.05) is 11.6 Å². The molecule has 0 aliphatic carbocycles. The standard InChI is InChI=1S/C33H41FN2O2/c1-25(2)33(37)35-30-13-9-12-28(24-30)26-19-22-36(23-20-26)21-8-4-7-14-32(27-10-5-3-6-11-27)38-31-17-15-29(34)16-18-31/h3,5-6,9-13,15-18,24-26,32H,4,7-8,14,19-23H2,1-2H3,(H,35,37). The van der Waals surface area contributed by atoms with E-state index in [9.17, 15) is 9.18 Å². The maximum atomic E-state index is 13.3. The number of ether oxygens (including phenoxy) is 1. The number of anilines is 1. The summed E-state index contributed by atoms with van der Waals surface area (Å²) in [6, 6.07) is 25.0. The number of nitrogens with one attached hydrogen (secondary N) is 1. The van der Waals surface area contributed by atoms with Crippen molar-refractivity contribution in [3.63, 3.8) is 0 Å². The van der Waals surface area contributed by atoms with Crippen molar-refractivity contribution in [2.24, 2.45) is 5.92 Å². The number of piperidine rings is 1. The number of hydrogen-bond donors (Lipinski definition) is 1. The number of likely N-dealkylation sites (tertiary alicyclic amines) is 1. The van der Waals surface area contributed by atoms with E-state index in [0.29, 0.717) is 11.7 Å². The molecule has 1 aliphatic heterocycles. The minimum absolute atomic E-state index is 0.0200. The number of hydrogen-bond acceptors (Lipinski definition) is 3. The maximum absolute atomic E-state index is 13.3. The fourth-order valence-corrected chi connectivity index (χ4v) is 5.13. The van der Waals surface area contributed by atoms with E-state index in [4.69, 9.17) is 4.74 Å². The predicted octanol–water partition coefficient (Wildman–Crippen LogP) is 7.98. The van der Waals surface area contributed by atoms with E-state index >= 15 is 0 Å². The van der Waals surface area contributed by atoms with Crippen LogP contribution in [0.15, 0.2) is 78.9 Å². The van der Waals surface area contributed by atoms with Crippen molar-refractivity contribution in [1.82, 2.24) is 4.90 Å². The highest BCUT2D eigenvalue weighted by Crippen LogP contribution is 2.30. The van der Waals surface area contributed by atoms with Crippen LogP contribution in [0.5, 0.6) is 5.75 Å². The van der Waals surface area contributed by atoms with Gasteiger partial charge in [-0.1, -0.05) is 62.7 Å². The summed E-state index contributed by atoms with van der Waals surface area (Å²) in [5.41, 5.74) is 3.40. The minimum atomic E-state index is -0.249. The summed E-state index contributed by atoms with van der Waals surface area (Å²) in [4.78, 5) is 14.6. The molecule has 1 aliphatic rings. The Hall–Kier alpha value is -3.18. The second kappa shape index (κ2) is 14.1. The molecule has 1 heterocycles.